The van der Waals surface area contributed by atoms with Crippen LogP contribution in [0.1, 0.15) is 47.1 Å². The number of rotatable bonds is 6. The van der Waals surface area contributed by atoms with Gasteiger partial charge in [-0.1, -0.05) is 53.7 Å². The lowest BCUT2D eigenvalue weighted by atomic mass is 9.84. The van der Waals surface area contributed by atoms with E-state index in [2.05, 4.69) is 60.7 Å². The Labute approximate surface area is 155 Å². The number of hydrogen-bond acceptors (Lipinski definition) is 3. The third-order valence-corrected chi connectivity index (χ3v) is 9.58. The van der Waals surface area contributed by atoms with Crippen LogP contribution in [0.2, 0.25) is 18.1 Å². The molecular formula is C21H36O3Si. The second-order valence-corrected chi connectivity index (χ2v) is 13.9. The molecule has 1 rings (SSSR count). The standard InChI is InChI=1S/C21H36O3Si/c1-20(2,3)18(15-24-25(9,10)21(4,5)6)19(23-8)16-12-11-13-17(14-16)22-7/h11-14H,15H2,1-10H3. The van der Waals surface area contributed by atoms with Crippen LogP contribution >= 0.6 is 0 Å². The largest absolute Gasteiger partial charge is 0.497 e. The van der Waals surface area contributed by atoms with Gasteiger partial charge < -0.3 is 13.9 Å². The minimum atomic E-state index is -1.84. The van der Waals surface area contributed by atoms with E-state index < -0.39 is 8.32 Å². The van der Waals surface area contributed by atoms with Crippen molar-refractivity contribution in [3.8, 4) is 5.75 Å². The maximum Gasteiger partial charge on any atom is 0.192 e. The van der Waals surface area contributed by atoms with Gasteiger partial charge in [-0.3, -0.25) is 0 Å². The number of benzene rings is 1. The van der Waals surface area contributed by atoms with Gasteiger partial charge in [-0.05, 0) is 35.7 Å². The summed E-state index contributed by atoms with van der Waals surface area (Å²) in [6.07, 6.45) is 0. The summed E-state index contributed by atoms with van der Waals surface area (Å²) in [7, 11) is 1.57. The molecule has 0 fully saturated rings. The molecule has 4 heteroatoms. The second kappa shape index (κ2) is 7.96. The molecule has 0 unspecified atom stereocenters. The lowest BCUT2D eigenvalue weighted by molar-refractivity contribution is 0.276. The van der Waals surface area contributed by atoms with Crippen molar-refractivity contribution in [2.24, 2.45) is 5.41 Å². The van der Waals surface area contributed by atoms with Gasteiger partial charge in [-0.25, -0.2) is 0 Å². The molecule has 0 spiro atoms. The van der Waals surface area contributed by atoms with E-state index in [0.29, 0.717) is 6.61 Å². The molecule has 3 nitrogen and oxygen atoms in total. The smallest absolute Gasteiger partial charge is 0.192 e. The molecule has 0 aliphatic heterocycles. The molecule has 0 bridgehead atoms. The lowest BCUT2D eigenvalue weighted by Gasteiger charge is -2.38. The maximum absolute atomic E-state index is 6.51. The van der Waals surface area contributed by atoms with E-state index in [1.165, 1.54) is 5.57 Å². The molecule has 1 aromatic carbocycles. The van der Waals surface area contributed by atoms with E-state index in [1.54, 1.807) is 14.2 Å². The van der Waals surface area contributed by atoms with Gasteiger partial charge in [-0.2, -0.15) is 0 Å². The quantitative estimate of drug-likeness (QED) is 0.449. The Hall–Kier alpha value is -1.26. The summed E-state index contributed by atoms with van der Waals surface area (Å²) in [5, 5.41) is 0.180. The molecule has 1 aromatic rings. The van der Waals surface area contributed by atoms with Gasteiger partial charge in [0.25, 0.3) is 0 Å². The highest BCUT2D eigenvalue weighted by atomic mass is 28.4. The monoisotopic (exact) mass is 364 g/mol. The first kappa shape index (κ1) is 21.8. The molecule has 0 saturated heterocycles. The van der Waals surface area contributed by atoms with E-state index in [9.17, 15) is 0 Å². The molecule has 25 heavy (non-hydrogen) atoms. The normalized spacial score (nSPS) is 14.2. The first-order chi connectivity index (χ1) is 11.3. The summed E-state index contributed by atoms with van der Waals surface area (Å²) < 4.78 is 17.7. The van der Waals surface area contributed by atoms with Crippen LogP contribution in [-0.2, 0) is 9.16 Å². The van der Waals surface area contributed by atoms with Crippen molar-refractivity contribution in [2.75, 3.05) is 20.8 Å². The van der Waals surface area contributed by atoms with Crippen molar-refractivity contribution in [1.29, 1.82) is 0 Å². The van der Waals surface area contributed by atoms with Crippen LogP contribution < -0.4 is 4.74 Å². The zero-order valence-electron chi connectivity index (χ0n) is 17.7. The fourth-order valence-corrected chi connectivity index (χ4v) is 3.21. The molecule has 0 aliphatic carbocycles. The molecule has 0 aliphatic rings. The number of ether oxygens (including phenoxy) is 2. The average molecular weight is 365 g/mol. The van der Waals surface area contributed by atoms with Crippen molar-refractivity contribution in [3.05, 3.63) is 35.4 Å². The third-order valence-electron chi connectivity index (χ3n) is 5.10. The maximum atomic E-state index is 6.51. The number of methoxy groups -OCH3 is 2. The molecular weight excluding hydrogens is 328 g/mol. The van der Waals surface area contributed by atoms with Crippen LogP contribution in [-0.4, -0.2) is 29.1 Å². The highest BCUT2D eigenvalue weighted by molar-refractivity contribution is 6.74. The predicted molar refractivity (Wildman–Crippen MR) is 110 cm³/mol. The Morgan fingerprint density at radius 3 is 2.04 bits per heavy atom. The summed E-state index contributed by atoms with van der Waals surface area (Å²) in [6.45, 7) is 18.6. The van der Waals surface area contributed by atoms with Crippen LogP contribution in [0.25, 0.3) is 5.76 Å². The first-order valence-corrected chi connectivity index (χ1v) is 11.8. The summed E-state index contributed by atoms with van der Waals surface area (Å²) in [5.41, 5.74) is 2.13. The molecule has 142 valence electrons. The fraction of sp³-hybridized carbons (Fsp3) is 0.619. The highest BCUT2D eigenvalue weighted by Crippen LogP contribution is 2.39. The van der Waals surface area contributed by atoms with Crippen LogP contribution in [0.15, 0.2) is 29.8 Å². The Bertz CT molecular complexity index is 604. The zero-order chi connectivity index (χ0) is 19.5. The van der Waals surface area contributed by atoms with Crippen LogP contribution in [0, 0.1) is 5.41 Å². The lowest BCUT2D eigenvalue weighted by Crippen LogP contribution is -2.42. The van der Waals surface area contributed by atoms with Crippen LogP contribution in [0.4, 0.5) is 0 Å². The molecule has 0 N–H and O–H groups in total. The molecule has 0 atom stereocenters. The predicted octanol–water partition coefficient (Wildman–Crippen LogP) is 6.12. The van der Waals surface area contributed by atoms with Gasteiger partial charge in [-0.15, -0.1) is 0 Å². The molecule has 0 amide bonds. The van der Waals surface area contributed by atoms with Gasteiger partial charge in [0, 0.05) is 11.1 Å². The second-order valence-electron chi connectivity index (χ2n) is 9.04. The molecule has 0 aromatic heterocycles. The SMILES string of the molecule is COC(=C(CO[Si](C)(C)C(C)(C)C)C(C)(C)C)c1cccc(OC)c1. The Morgan fingerprint density at radius 1 is 1.00 bits per heavy atom. The first-order valence-electron chi connectivity index (χ1n) is 8.89. The summed E-state index contributed by atoms with van der Waals surface area (Å²) in [5.74, 6) is 1.70. The van der Waals surface area contributed by atoms with Crippen LogP contribution in [0.3, 0.4) is 0 Å². The third kappa shape index (κ3) is 5.61. The summed E-state index contributed by atoms with van der Waals surface area (Å²) >= 11 is 0. The molecule has 0 radical (unpaired) electrons. The van der Waals surface area contributed by atoms with Gasteiger partial charge >= 0.3 is 0 Å². The van der Waals surface area contributed by atoms with Crippen molar-refractivity contribution in [3.63, 3.8) is 0 Å². The van der Waals surface area contributed by atoms with Crippen molar-refractivity contribution < 1.29 is 13.9 Å². The van der Waals surface area contributed by atoms with E-state index >= 15 is 0 Å². The summed E-state index contributed by atoms with van der Waals surface area (Å²) in [4.78, 5) is 0. The zero-order valence-corrected chi connectivity index (χ0v) is 18.7. The topological polar surface area (TPSA) is 27.7 Å². The van der Waals surface area contributed by atoms with Crippen molar-refractivity contribution in [1.82, 2.24) is 0 Å². The minimum absolute atomic E-state index is 0.0587. The minimum Gasteiger partial charge on any atom is -0.497 e. The van der Waals surface area contributed by atoms with E-state index in [1.807, 2.05) is 18.2 Å². The Morgan fingerprint density at radius 2 is 1.60 bits per heavy atom. The van der Waals surface area contributed by atoms with E-state index in [-0.39, 0.29) is 10.5 Å². The fourth-order valence-electron chi connectivity index (χ4n) is 2.27. The Kier molecular flexibility index (Phi) is 6.93. The molecule has 0 heterocycles. The van der Waals surface area contributed by atoms with E-state index in [0.717, 1.165) is 17.1 Å². The molecule has 0 saturated carbocycles. The highest BCUT2D eigenvalue weighted by Gasteiger charge is 2.38. The van der Waals surface area contributed by atoms with Gasteiger partial charge in [0.15, 0.2) is 8.32 Å². The van der Waals surface area contributed by atoms with Crippen LogP contribution in [0.5, 0.6) is 5.75 Å². The van der Waals surface area contributed by atoms with Gasteiger partial charge in [0.05, 0.1) is 20.8 Å². The van der Waals surface area contributed by atoms with Crippen molar-refractivity contribution >= 4 is 14.1 Å². The van der Waals surface area contributed by atoms with E-state index in [4.69, 9.17) is 13.9 Å². The van der Waals surface area contributed by atoms with Gasteiger partial charge in [0.1, 0.15) is 11.5 Å². The van der Waals surface area contributed by atoms with Gasteiger partial charge in [0.2, 0.25) is 0 Å². The number of hydrogen-bond donors (Lipinski definition) is 0. The summed E-state index contributed by atoms with van der Waals surface area (Å²) in [6, 6.07) is 8.00. The Balaban J connectivity index is 3.33. The average Bonchev–Trinajstić information content (AvgIpc) is 2.49. The van der Waals surface area contributed by atoms with Crippen molar-refractivity contribution in [2.45, 2.75) is 59.7 Å².